The Morgan fingerprint density at radius 3 is 2.35 bits per heavy atom. The molecule has 0 fully saturated rings. The summed E-state index contributed by atoms with van der Waals surface area (Å²) in [7, 11) is 1.92. The van der Waals surface area contributed by atoms with Crippen LogP contribution in [0, 0.1) is 0 Å². The maximum absolute atomic E-state index is 5.97. The van der Waals surface area contributed by atoms with Gasteiger partial charge in [0.25, 0.3) is 5.95 Å². The van der Waals surface area contributed by atoms with Crippen LogP contribution in [0.3, 0.4) is 0 Å². The zero-order valence-corrected chi connectivity index (χ0v) is 12.9. The highest BCUT2D eigenvalue weighted by molar-refractivity contribution is 6.42. The summed E-state index contributed by atoms with van der Waals surface area (Å²) in [4.78, 5) is 1.93. The summed E-state index contributed by atoms with van der Waals surface area (Å²) >= 11 is 11.8. The topological polar surface area (TPSA) is 54.8 Å². The van der Waals surface area contributed by atoms with E-state index in [1.54, 1.807) is 18.2 Å². The Hall–Kier alpha value is -1.46. The van der Waals surface area contributed by atoms with Gasteiger partial charge in [0.05, 0.1) is 10.0 Å². The van der Waals surface area contributed by atoms with Crippen molar-refractivity contribution < 1.29 is 0 Å². The van der Waals surface area contributed by atoms with Crippen molar-refractivity contribution in [3.63, 3.8) is 0 Å². The Balaban J connectivity index is 2.17. The average molecular weight is 312 g/mol. The van der Waals surface area contributed by atoms with Crippen molar-refractivity contribution in [2.45, 2.75) is 19.8 Å². The summed E-state index contributed by atoms with van der Waals surface area (Å²) in [5, 5.41) is 17.3. The summed E-state index contributed by atoms with van der Waals surface area (Å²) in [6.45, 7) is 3.02. The molecule has 5 nitrogen and oxygen atoms in total. The van der Waals surface area contributed by atoms with Crippen LogP contribution in [0.1, 0.15) is 19.8 Å². The van der Waals surface area contributed by atoms with E-state index in [2.05, 4.69) is 27.3 Å². The van der Waals surface area contributed by atoms with Gasteiger partial charge >= 0.3 is 0 Å². The van der Waals surface area contributed by atoms with E-state index >= 15 is 0 Å². The van der Waals surface area contributed by atoms with Gasteiger partial charge in [0.15, 0.2) is 0 Å². The molecule has 0 radical (unpaired) electrons. The van der Waals surface area contributed by atoms with Crippen molar-refractivity contribution in [1.82, 2.24) is 20.4 Å². The van der Waals surface area contributed by atoms with E-state index < -0.39 is 0 Å². The van der Waals surface area contributed by atoms with Crippen molar-refractivity contribution in [1.29, 1.82) is 0 Å². The third-order valence-electron chi connectivity index (χ3n) is 2.83. The number of aromatic nitrogens is 4. The molecule has 0 saturated carbocycles. The van der Waals surface area contributed by atoms with E-state index in [9.17, 15) is 0 Å². The molecule has 0 aliphatic heterocycles. The number of benzene rings is 1. The minimum absolute atomic E-state index is 0.427. The van der Waals surface area contributed by atoms with Crippen LogP contribution in [-0.2, 0) is 0 Å². The molecule has 0 bridgehead atoms. The molecule has 0 saturated heterocycles. The first-order valence-electron chi connectivity index (χ1n) is 6.35. The number of halogens is 2. The van der Waals surface area contributed by atoms with Gasteiger partial charge in [0.2, 0.25) is 5.82 Å². The van der Waals surface area contributed by atoms with Crippen LogP contribution >= 0.6 is 23.2 Å². The third-order valence-corrected chi connectivity index (χ3v) is 3.57. The molecule has 0 unspecified atom stereocenters. The van der Waals surface area contributed by atoms with Crippen LogP contribution in [0.2, 0.25) is 10.0 Å². The van der Waals surface area contributed by atoms with Gasteiger partial charge in [-0.1, -0.05) is 36.5 Å². The van der Waals surface area contributed by atoms with E-state index in [4.69, 9.17) is 23.2 Å². The second kappa shape index (κ2) is 6.81. The monoisotopic (exact) mass is 311 g/mol. The SMILES string of the molecule is CCCCN(C)c1nnc(-c2ccc(Cl)c(Cl)c2)nn1. The lowest BCUT2D eigenvalue weighted by molar-refractivity contribution is 0.725. The molecule has 1 aromatic heterocycles. The third kappa shape index (κ3) is 3.55. The molecule has 1 aromatic carbocycles. The zero-order chi connectivity index (χ0) is 14.5. The first-order valence-corrected chi connectivity index (χ1v) is 7.11. The lowest BCUT2D eigenvalue weighted by atomic mass is 10.2. The van der Waals surface area contributed by atoms with Gasteiger partial charge in [-0.25, -0.2) is 0 Å². The molecular formula is C13H15Cl2N5. The van der Waals surface area contributed by atoms with Gasteiger partial charge in [-0.15, -0.1) is 20.4 Å². The number of anilines is 1. The molecule has 0 aliphatic rings. The van der Waals surface area contributed by atoms with Crippen molar-refractivity contribution >= 4 is 29.2 Å². The first kappa shape index (κ1) is 14.9. The number of nitrogens with zero attached hydrogens (tertiary/aromatic N) is 5. The molecular weight excluding hydrogens is 297 g/mol. The second-order valence-corrected chi connectivity index (χ2v) is 5.24. The van der Waals surface area contributed by atoms with E-state index in [0.717, 1.165) is 24.9 Å². The van der Waals surface area contributed by atoms with Crippen LogP contribution in [0.25, 0.3) is 11.4 Å². The fourth-order valence-electron chi connectivity index (χ4n) is 1.62. The predicted molar refractivity (Wildman–Crippen MR) is 81.3 cm³/mol. The van der Waals surface area contributed by atoms with Crippen LogP contribution in [-0.4, -0.2) is 34.0 Å². The van der Waals surface area contributed by atoms with Gasteiger partial charge in [0.1, 0.15) is 0 Å². The standard InChI is InChI=1S/C13H15Cl2N5/c1-3-4-7-20(2)13-18-16-12(17-19-13)9-5-6-10(14)11(15)8-9/h5-6,8H,3-4,7H2,1-2H3. The second-order valence-electron chi connectivity index (χ2n) is 4.43. The van der Waals surface area contributed by atoms with Gasteiger partial charge in [-0.2, -0.15) is 0 Å². The Bertz CT molecular complexity index is 573. The maximum Gasteiger partial charge on any atom is 0.264 e. The molecule has 0 aliphatic carbocycles. The molecule has 0 spiro atoms. The average Bonchev–Trinajstić information content (AvgIpc) is 2.48. The fourth-order valence-corrected chi connectivity index (χ4v) is 1.92. The molecule has 1 heterocycles. The highest BCUT2D eigenvalue weighted by atomic mass is 35.5. The van der Waals surface area contributed by atoms with Crippen molar-refractivity contribution in [3.05, 3.63) is 28.2 Å². The summed E-state index contributed by atoms with van der Waals surface area (Å²) in [6.07, 6.45) is 2.20. The highest BCUT2D eigenvalue weighted by Gasteiger charge is 2.09. The van der Waals surface area contributed by atoms with E-state index in [1.807, 2.05) is 11.9 Å². The summed E-state index contributed by atoms with van der Waals surface area (Å²) in [5.74, 6) is 0.943. The Kier molecular flexibility index (Phi) is 5.09. The van der Waals surface area contributed by atoms with Crippen LogP contribution in [0.15, 0.2) is 18.2 Å². The maximum atomic E-state index is 5.97. The van der Waals surface area contributed by atoms with E-state index in [1.165, 1.54) is 0 Å². The summed E-state index contributed by atoms with van der Waals surface area (Å²) in [5.41, 5.74) is 0.738. The lowest BCUT2D eigenvalue weighted by Crippen LogP contribution is -2.22. The molecule has 2 rings (SSSR count). The van der Waals surface area contributed by atoms with Gasteiger partial charge < -0.3 is 4.90 Å². The minimum atomic E-state index is 0.427. The Morgan fingerprint density at radius 1 is 1.05 bits per heavy atom. The number of hydrogen-bond acceptors (Lipinski definition) is 5. The molecule has 7 heteroatoms. The van der Waals surface area contributed by atoms with Gasteiger partial charge in [0, 0.05) is 19.2 Å². The highest BCUT2D eigenvalue weighted by Crippen LogP contribution is 2.26. The van der Waals surface area contributed by atoms with E-state index in [0.29, 0.717) is 21.8 Å². The quantitative estimate of drug-likeness (QED) is 0.846. The summed E-state index contributed by atoms with van der Waals surface area (Å²) < 4.78 is 0. The fraction of sp³-hybridized carbons (Fsp3) is 0.385. The normalized spacial score (nSPS) is 10.6. The van der Waals surface area contributed by atoms with Crippen LogP contribution in [0.5, 0.6) is 0 Å². The van der Waals surface area contributed by atoms with Gasteiger partial charge in [-0.05, 0) is 24.6 Å². The largest absolute Gasteiger partial charge is 0.341 e. The van der Waals surface area contributed by atoms with Crippen molar-refractivity contribution in [3.8, 4) is 11.4 Å². The summed E-state index contributed by atoms with van der Waals surface area (Å²) in [6, 6.07) is 5.18. The van der Waals surface area contributed by atoms with E-state index in [-0.39, 0.29) is 0 Å². The predicted octanol–water partition coefficient (Wildman–Crippen LogP) is 3.48. The Morgan fingerprint density at radius 2 is 1.75 bits per heavy atom. The molecule has 20 heavy (non-hydrogen) atoms. The molecule has 0 N–H and O–H groups in total. The molecule has 0 atom stereocenters. The lowest BCUT2D eigenvalue weighted by Gasteiger charge is -2.14. The first-order chi connectivity index (χ1) is 9.61. The number of rotatable bonds is 5. The smallest absolute Gasteiger partial charge is 0.264 e. The molecule has 0 amide bonds. The van der Waals surface area contributed by atoms with Crippen molar-refractivity contribution in [2.24, 2.45) is 0 Å². The van der Waals surface area contributed by atoms with Crippen LogP contribution in [0.4, 0.5) is 5.95 Å². The minimum Gasteiger partial charge on any atom is -0.341 e. The molecule has 2 aromatic rings. The zero-order valence-electron chi connectivity index (χ0n) is 11.3. The van der Waals surface area contributed by atoms with Gasteiger partial charge in [-0.3, -0.25) is 0 Å². The number of unbranched alkanes of at least 4 members (excludes halogenated alkanes) is 1. The number of hydrogen-bond donors (Lipinski definition) is 0. The van der Waals surface area contributed by atoms with Crippen LogP contribution < -0.4 is 4.90 Å². The van der Waals surface area contributed by atoms with Crippen molar-refractivity contribution in [2.75, 3.05) is 18.5 Å². The molecule has 106 valence electrons. The Labute approximate surface area is 127 Å².